The minimum absolute atomic E-state index is 0.363. The average Bonchev–Trinajstić information content (AvgIpc) is 2.21. The molecule has 0 unspecified atom stereocenters. The van der Waals surface area contributed by atoms with Gasteiger partial charge in [0.1, 0.15) is 5.82 Å². The monoisotopic (exact) mass is 227 g/mol. The highest BCUT2D eigenvalue weighted by atomic mass is 16.1. The van der Waals surface area contributed by atoms with Crippen LogP contribution in [0, 0.1) is 10.8 Å². The molecule has 0 rings (SSSR count). The summed E-state index contributed by atoms with van der Waals surface area (Å²) >= 11 is 0. The van der Waals surface area contributed by atoms with Crippen molar-refractivity contribution in [2.24, 2.45) is 10.4 Å². The van der Waals surface area contributed by atoms with Crippen LogP contribution in [0.15, 0.2) is 17.4 Å². The fraction of sp³-hybridized carbons (Fsp3) is 0.583. The van der Waals surface area contributed by atoms with Crippen molar-refractivity contribution in [2.75, 3.05) is 0 Å². The van der Waals surface area contributed by atoms with E-state index in [1.807, 2.05) is 0 Å². The Labute approximate surface area is 99.4 Å². The Morgan fingerprint density at radius 1 is 1.44 bits per heavy atom. The van der Waals surface area contributed by atoms with Crippen LogP contribution in [0.25, 0.3) is 0 Å². The molecule has 4 nitrogen and oxygen atoms in total. The molecule has 0 spiro atoms. The van der Waals surface area contributed by atoms with E-state index in [0.717, 1.165) is 0 Å². The van der Waals surface area contributed by atoms with Gasteiger partial charge in [0.2, 0.25) is 6.41 Å². The minimum Gasteiger partial charge on any atom is -0.317 e. The zero-order valence-electron chi connectivity index (χ0n) is 11.1. The molecule has 0 fully saturated rings. The molecule has 0 heterocycles. The molecule has 94 valence electrons. The summed E-state index contributed by atoms with van der Waals surface area (Å²) in [7, 11) is 0. The number of nitrogens with one attached hydrogen (secondary N) is 2. The molecule has 0 saturated carbocycles. The van der Waals surface area contributed by atoms with Crippen molar-refractivity contribution >= 4 is 19.3 Å². The first kappa shape index (κ1) is 20.0. The van der Waals surface area contributed by atoms with Crippen LogP contribution < -0.4 is 5.32 Å². The van der Waals surface area contributed by atoms with E-state index in [4.69, 9.17) is 5.41 Å². The second-order valence-corrected chi connectivity index (χ2v) is 4.01. The van der Waals surface area contributed by atoms with Gasteiger partial charge in [-0.25, -0.2) is 4.99 Å². The summed E-state index contributed by atoms with van der Waals surface area (Å²) in [4.78, 5) is 13.3. The standard InChI is InChI=1S/C6H14.C5H8N2O.CH3N/c1-5-6(2,3)4;1-3-6-5(2)7-4-8;1-2/h5H2,1-4H3;3-4H,2H2,1H3,(H,7,8);2H,1H2/b;6-3-;. The second kappa shape index (κ2) is 13.5. The van der Waals surface area contributed by atoms with E-state index in [1.54, 1.807) is 13.1 Å². The normalized spacial score (nSPS) is 9.31. The Kier molecular flexibility index (Phi) is 17.0. The Morgan fingerprint density at radius 2 is 1.81 bits per heavy atom. The highest BCUT2D eigenvalue weighted by Crippen LogP contribution is 2.16. The Hall–Kier alpha value is -1.45. The van der Waals surface area contributed by atoms with Gasteiger partial charge in [-0.15, -0.1) is 0 Å². The summed E-state index contributed by atoms with van der Waals surface area (Å²) in [6.07, 6.45) is 3.36. The van der Waals surface area contributed by atoms with E-state index < -0.39 is 0 Å². The van der Waals surface area contributed by atoms with E-state index in [-0.39, 0.29) is 0 Å². The summed E-state index contributed by atoms with van der Waals surface area (Å²) in [5, 5.41) is 7.77. The van der Waals surface area contributed by atoms with Crippen LogP contribution in [0.2, 0.25) is 0 Å². The number of aliphatic imine (C=N–C) groups is 1. The molecule has 0 bridgehead atoms. The van der Waals surface area contributed by atoms with Gasteiger partial charge in [0.05, 0.1) is 0 Å². The number of carbonyl (C=O) groups excluding carboxylic acids is 1. The summed E-state index contributed by atoms with van der Waals surface area (Å²) in [6.45, 7) is 16.6. The lowest BCUT2D eigenvalue weighted by Gasteiger charge is -2.12. The molecule has 4 heteroatoms. The molecular formula is C12H25N3O. The Balaban J connectivity index is -0.000000188. The summed E-state index contributed by atoms with van der Waals surface area (Å²) < 4.78 is 0. The van der Waals surface area contributed by atoms with Crippen LogP contribution in [-0.4, -0.2) is 19.3 Å². The SMILES string of the molecule is C=C(/N=C\C)NC=O.C=N.CCC(C)(C)C. The molecule has 0 aromatic carbocycles. The molecule has 0 aromatic rings. The van der Waals surface area contributed by atoms with Crippen molar-refractivity contribution in [3.63, 3.8) is 0 Å². The van der Waals surface area contributed by atoms with Crippen LogP contribution in [0.3, 0.4) is 0 Å². The first-order valence-electron chi connectivity index (χ1n) is 5.10. The minimum atomic E-state index is 0.363. The highest BCUT2D eigenvalue weighted by molar-refractivity contribution is 5.57. The Bertz CT molecular complexity index is 205. The fourth-order valence-electron chi connectivity index (χ4n) is 0.261. The number of nitrogens with zero attached hydrogens (tertiary/aromatic N) is 1. The van der Waals surface area contributed by atoms with Crippen molar-refractivity contribution < 1.29 is 4.79 Å². The maximum atomic E-state index is 9.64. The smallest absolute Gasteiger partial charge is 0.212 e. The number of carbonyl (C=O) groups is 1. The molecule has 1 amide bonds. The van der Waals surface area contributed by atoms with Gasteiger partial charge in [0.25, 0.3) is 0 Å². The molecular weight excluding hydrogens is 202 g/mol. The zero-order chi connectivity index (χ0) is 13.6. The van der Waals surface area contributed by atoms with Gasteiger partial charge in [0, 0.05) is 6.21 Å². The zero-order valence-corrected chi connectivity index (χ0v) is 11.1. The lowest BCUT2D eigenvalue weighted by molar-refractivity contribution is -0.108. The number of hydrogen-bond donors (Lipinski definition) is 2. The van der Waals surface area contributed by atoms with Gasteiger partial charge in [-0.3, -0.25) is 4.79 Å². The lowest BCUT2D eigenvalue weighted by Crippen LogP contribution is -2.06. The number of amides is 1. The van der Waals surface area contributed by atoms with Gasteiger partial charge < -0.3 is 10.7 Å². The van der Waals surface area contributed by atoms with E-state index in [0.29, 0.717) is 17.6 Å². The molecule has 0 aliphatic rings. The molecule has 16 heavy (non-hydrogen) atoms. The lowest BCUT2D eigenvalue weighted by atomic mass is 9.94. The number of hydrogen-bond acceptors (Lipinski definition) is 3. The molecule has 0 atom stereocenters. The van der Waals surface area contributed by atoms with Gasteiger partial charge in [-0.1, -0.05) is 40.7 Å². The highest BCUT2D eigenvalue weighted by Gasteiger charge is 2.03. The third-order valence-corrected chi connectivity index (χ3v) is 1.57. The van der Waals surface area contributed by atoms with E-state index in [1.165, 1.54) is 6.42 Å². The first-order chi connectivity index (χ1) is 7.37. The van der Waals surface area contributed by atoms with Crippen LogP contribution in [0.4, 0.5) is 0 Å². The molecule has 0 aliphatic carbocycles. The number of rotatable bonds is 3. The van der Waals surface area contributed by atoms with E-state index >= 15 is 0 Å². The largest absolute Gasteiger partial charge is 0.317 e. The van der Waals surface area contributed by atoms with Crippen LogP contribution >= 0.6 is 0 Å². The summed E-state index contributed by atoms with van der Waals surface area (Å²) in [6, 6.07) is 0. The van der Waals surface area contributed by atoms with Gasteiger partial charge in [-0.2, -0.15) is 0 Å². The van der Waals surface area contributed by atoms with Crippen molar-refractivity contribution in [3.05, 3.63) is 12.4 Å². The third-order valence-electron chi connectivity index (χ3n) is 1.57. The van der Waals surface area contributed by atoms with E-state index in [2.05, 4.69) is 51.3 Å². The Morgan fingerprint density at radius 3 is 2.00 bits per heavy atom. The van der Waals surface area contributed by atoms with Gasteiger partial charge >= 0.3 is 0 Å². The van der Waals surface area contributed by atoms with Crippen LogP contribution in [0.1, 0.15) is 41.0 Å². The van der Waals surface area contributed by atoms with Crippen molar-refractivity contribution in [3.8, 4) is 0 Å². The fourth-order valence-corrected chi connectivity index (χ4v) is 0.261. The predicted octanol–water partition coefficient (Wildman–Crippen LogP) is 3.00. The van der Waals surface area contributed by atoms with Crippen LogP contribution in [-0.2, 0) is 4.79 Å². The maximum Gasteiger partial charge on any atom is 0.212 e. The van der Waals surface area contributed by atoms with Gasteiger partial charge in [0.15, 0.2) is 0 Å². The summed E-state index contributed by atoms with van der Waals surface area (Å²) in [5.41, 5.74) is 0.542. The quantitative estimate of drug-likeness (QED) is 0.565. The van der Waals surface area contributed by atoms with Crippen molar-refractivity contribution in [1.82, 2.24) is 5.32 Å². The maximum absolute atomic E-state index is 9.64. The van der Waals surface area contributed by atoms with E-state index in [9.17, 15) is 4.79 Å². The first-order valence-corrected chi connectivity index (χ1v) is 5.10. The molecule has 2 N–H and O–H groups in total. The molecule has 0 radical (unpaired) electrons. The average molecular weight is 227 g/mol. The molecule has 0 aliphatic heterocycles. The van der Waals surface area contributed by atoms with Gasteiger partial charge in [-0.05, 0) is 19.1 Å². The second-order valence-electron chi connectivity index (χ2n) is 4.01. The molecule has 0 saturated heterocycles. The van der Waals surface area contributed by atoms with Crippen LogP contribution in [0.5, 0.6) is 0 Å². The van der Waals surface area contributed by atoms with Crippen molar-refractivity contribution in [1.29, 1.82) is 5.41 Å². The van der Waals surface area contributed by atoms with Crippen molar-refractivity contribution in [2.45, 2.75) is 41.0 Å². The predicted molar refractivity (Wildman–Crippen MR) is 72.1 cm³/mol. The molecule has 0 aromatic heterocycles. The summed E-state index contributed by atoms with van der Waals surface area (Å²) in [5.74, 6) is 0.363. The topological polar surface area (TPSA) is 65.3 Å². The third kappa shape index (κ3) is 29.4.